The van der Waals surface area contributed by atoms with Crippen molar-refractivity contribution in [3.05, 3.63) is 42.2 Å². The Hall–Kier alpha value is -2.83. The van der Waals surface area contributed by atoms with Gasteiger partial charge in [0, 0.05) is 6.42 Å². The number of carbonyl (C=O) groups excluding carboxylic acids is 2. The normalized spacial score (nSPS) is 10.2. The number of benzene rings is 1. The van der Waals surface area contributed by atoms with Crippen LogP contribution in [0.4, 0.5) is 0 Å². The van der Waals surface area contributed by atoms with E-state index >= 15 is 0 Å². The van der Waals surface area contributed by atoms with E-state index in [9.17, 15) is 14.7 Å². The van der Waals surface area contributed by atoms with Crippen molar-refractivity contribution in [1.29, 1.82) is 0 Å². The quantitative estimate of drug-likeness (QED) is 0.730. The number of rotatable bonds is 5. The molecule has 2 amide bonds. The number of hydrogen-bond acceptors (Lipinski definition) is 4. The van der Waals surface area contributed by atoms with Crippen LogP contribution >= 0.6 is 0 Å². The predicted octanol–water partition coefficient (Wildman–Crippen LogP) is 1.53. The summed E-state index contributed by atoms with van der Waals surface area (Å²) in [6, 6.07) is 9.08. The molecule has 0 saturated heterocycles. The zero-order valence-electron chi connectivity index (χ0n) is 12.2. The number of aromatic nitrogens is 2. The van der Waals surface area contributed by atoms with Gasteiger partial charge in [-0.25, -0.2) is 4.68 Å². The molecule has 1 heterocycles. The van der Waals surface area contributed by atoms with Crippen LogP contribution in [0.1, 0.15) is 36.7 Å². The third-order valence-electron chi connectivity index (χ3n) is 3.00. The maximum absolute atomic E-state index is 11.9. The summed E-state index contributed by atoms with van der Waals surface area (Å²) in [7, 11) is 0. The molecule has 0 bridgehead atoms. The highest BCUT2D eigenvalue weighted by atomic mass is 16.3. The van der Waals surface area contributed by atoms with Gasteiger partial charge in [-0.15, -0.1) is 0 Å². The molecular weight excluding hydrogens is 284 g/mol. The number of carbonyl (C=O) groups is 2. The number of para-hydroxylation sites is 1. The molecule has 0 aliphatic rings. The fourth-order valence-electron chi connectivity index (χ4n) is 1.83. The molecule has 0 atom stereocenters. The van der Waals surface area contributed by atoms with Crippen LogP contribution in [0, 0.1) is 0 Å². The fraction of sp³-hybridized carbons (Fsp3) is 0.267. The number of hydrogen-bond donors (Lipinski definition) is 3. The van der Waals surface area contributed by atoms with E-state index in [1.54, 1.807) is 12.1 Å². The molecule has 0 spiro atoms. The van der Waals surface area contributed by atoms with Crippen LogP contribution in [0.25, 0.3) is 5.69 Å². The summed E-state index contributed by atoms with van der Waals surface area (Å²) in [5, 5.41) is 13.8. The van der Waals surface area contributed by atoms with Crippen LogP contribution in [0.15, 0.2) is 36.5 Å². The Morgan fingerprint density at radius 1 is 1.23 bits per heavy atom. The molecule has 7 heteroatoms. The minimum Gasteiger partial charge on any atom is -0.504 e. The number of hydrazine groups is 1. The molecule has 1 aromatic carbocycles. The zero-order valence-corrected chi connectivity index (χ0v) is 12.2. The van der Waals surface area contributed by atoms with Crippen molar-refractivity contribution in [3.63, 3.8) is 0 Å². The first kappa shape index (κ1) is 15.6. The van der Waals surface area contributed by atoms with Crippen molar-refractivity contribution in [2.75, 3.05) is 0 Å². The molecule has 0 fully saturated rings. The van der Waals surface area contributed by atoms with Gasteiger partial charge in [-0.05, 0) is 18.6 Å². The molecule has 3 N–H and O–H groups in total. The molecule has 0 unspecified atom stereocenters. The van der Waals surface area contributed by atoms with E-state index in [2.05, 4.69) is 16.0 Å². The van der Waals surface area contributed by atoms with Crippen LogP contribution in [0.3, 0.4) is 0 Å². The van der Waals surface area contributed by atoms with Gasteiger partial charge in [0.2, 0.25) is 5.91 Å². The lowest BCUT2D eigenvalue weighted by Crippen LogP contribution is -2.41. The van der Waals surface area contributed by atoms with Crippen LogP contribution in [0.5, 0.6) is 5.75 Å². The van der Waals surface area contributed by atoms with Gasteiger partial charge in [-0.3, -0.25) is 20.4 Å². The first-order valence-corrected chi connectivity index (χ1v) is 7.05. The van der Waals surface area contributed by atoms with E-state index in [4.69, 9.17) is 0 Å². The second-order valence-corrected chi connectivity index (χ2v) is 4.75. The predicted molar refractivity (Wildman–Crippen MR) is 80.4 cm³/mol. The van der Waals surface area contributed by atoms with Crippen molar-refractivity contribution >= 4 is 11.8 Å². The third kappa shape index (κ3) is 3.85. The molecule has 7 nitrogen and oxygen atoms in total. The van der Waals surface area contributed by atoms with Crippen LogP contribution in [0.2, 0.25) is 0 Å². The second-order valence-electron chi connectivity index (χ2n) is 4.75. The third-order valence-corrected chi connectivity index (χ3v) is 3.00. The summed E-state index contributed by atoms with van der Waals surface area (Å²) in [4.78, 5) is 23.4. The monoisotopic (exact) mass is 302 g/mol. The largest absolute Gasteiger partial charge is 0.504 e. The molecule has 116 valence electrons. The maximum atomic E-state index is 11.9. The second kappa shape index (κ2) is 7.26. The molecule has 0 aliphatic carbocycles. The van der Waals surface area contributed by atoms with Gasteiger partial charge < -0.3 is 5.11 Å². The Kier molecular flexibility index (Phi) is 5.13. The minimum absolute atomic E-state index is 0.153. The van der Waals surface area contributed by atoms with Crippen molar-refractivity contribution in [2.45, 2.75) is 26.2 Å². The Bertz CT molecular complexity index is 652. The maximum Gasteiger partial charge on any atom is 0.294 e. The molecular formula is C15H18N4O3. The molecule has 22 heavy (non-hydrogen) atoms. The molecule has 2 aromatic rings. The fourth-order valence-corrected chi connectivity index (χ4v) is 1.83. The Morgan fingerprint density at radius 3 is 2.64 bits per heavy atom. The van der Waals surface area contributed by atoms with Gasteiger partial charge in [-0.2, -0.15) is 5.10 Å². The van der Waals surface area contributed by atoms with E-state index < -0.39 is 5.91 Å². The summed E-state index contributed by atoms with van der Waals surface area (Å²) in [6.45, 7) is 1.97. The molecule has 2 rings (SSSR count). The van der Waals surface area contributed by atoms with Gasteiger partial charge in [0.05, 0.1) is 11.9 Å². The van der Waals surface area contributed by atoms with Crippen molar-refractivity contribution in [1.82, 2.24) is 20.6 Å². The first-order chi connectivity index (χ1) is 10.6. The van der Waals surface area contributed by atoms with Gasteiger partial charge in [0.1, 0.15) is 0 Å². The van der Waals surface area contributed by atoms with E-state index in [0.717, 1.165) is 12.8 Å². The number of nitrogens with one attached hydrogen (secondary N) is 2. The lowest BCUT2D eigenvalue weighted by Gasteiger charge is -2.05. The lowest BCUT2D eigenvalue weighted by atomic mass is 10.2. The summed E-state index contributed by atoms with van der Waals surface area (Å²) < 4.78 is 1.39. The lowest BCUT2D eigenvalue weighted by molar-refractivity contribution is -0.121. The molecule has 0 aliphatic heterocycles. The standard InChI is InChI=1S/C15H18N4O3/c1-2-3-9-13(21)16-17-15(22)14-12(20)10-19(18-14)11-7-5-4-6-8-11/h4-8,10,20H,2-3,9H2,1H3,(H,16,21)(H,17,22). The van der Waals surface area contributed by atoms with E-state index in [-0.39, 0.29) is 17.4 Å². The average Bonchev–Trinajstić information content (AvgIpc) is 2.93. The van der Waals surface area contributed by atoms with Crippen LogP contribution in [-0.4, -0.2) is 26.7 Å². The summed E-state index contributed by atoms with van der Waals surface area (Å²) in [5.41, 5.74) is 5.09. The Labute approximate surface area is 127 Å². The van der Waals surface area contributed by atoms with Crippen molar-refractivity contribution in [3.8, 4) is 11.4 Å². The smallest absolute Gasteiger partial charge is 0.294 e. The SMILES string of the molecule is CCCCC(=O)NNC(=O)c1nn(-c2ccccc2)cc1O. The molecule has 1 aromatic heterocycles. The topological polar surface area (TPSA) is 96.3 Å². The van der Waals surface area contributed by atoms with E-state index in [0.29, 0.717) is 12.1 Å². The van der Waals surface area contributed by atoms with Gasteiger partial charge >= 0.3 is 0 Å². The number of amides is 2. The van der Waals surface area contributed by atoms with Gasteiger partial charge in [0.25, 0.3) is 5.91 Å². The highest BCUT2D eigenvalue weighted by Gasteiger charge is 2.17. The zero-order chi connectivity index (χ0) is 15.9. The minimum atomic E-state index is -0.669. The molecule has 0 saturated carbocycles. The molecule has 0 radical (unpaired) electrons. The van der Waals surface area contributed by atoms with E-state index in [1.807, 2.05) is 25.1 Å². The number of nitrogens with zero attached hydrogens (tertiary/aromatic N) is 2. The van der Waals surface area contributed by atoms with E-state index in [1.165, 1.54) is 10.9 Å². The summed E-state index contributed by atoms with van der Waals surface area (Å²) in [5.74, 6) is -1.21. The summed E-state index contributed by atoms with van der Waals surface area (Å²) in [6.07, 6.45) is 3.31. The first-order valence-electron chi connectivity index (χ1n) is 7.05. The highest BCUT2D eigenvalue weighted by molar-refractivity contribution is 5.95. The number of unbranched alkanes of at least 4 members (excludes halogenated alkanes) is 1. The van der Waals surface area contributed by atoms with Crippen LogP contribution in [-0.2, 0) is 4.79 Å². The average molecular weight is 302 g/mol. The van der Waals surface area contributed by atoms with Crippen molar-refractivity contribution in [2.24, 2.45) is 0 Å². The van der Waals surface area contributed by atoms with Gasteiger partial charge in [0.15, 0.2) is 11.4 Å². The number of aromatic hydroxyl groups is 1. The van der Waals surface area contributed by atoms with Crippen LogP contribution < -0.4 is 10.9 Å². The van der Waals surface area contributed by atoms with Gasteiger partial charge in [-0.1, -0.05) is 31.5 Å². The Balaban J connectivity index is 2.02. The Morgan fingerprint density at radius 2 is 1.95 bits per heavy atom. The van der Waals surface area contributed by atoms with Crippen molar-refractivity contribution < 1.29 is 14.7 Å². The summed E-state index contributed by atoms with van der Waals surface area (Å²) >= 11 is 0. The highest BCUT2D eigenvalue weighted by Crippen LogP contribution is 2.17.